The molecular weight excluding hydrogens is 440 g/mol. The number of carbonyl (C=O) groups is 2. The van der Waals surface area contributed by atoms with Gasteiger partial charge in [0, 0.05) is 35.7 Å². The van der Waals surface area contributed by atoms with Crippen molar-refractivity contribution in [2.75, 3.05) is 44.2 Å². The number of nitrogens with one attached hydrogen (secondary N) is 2. The Morgan fingerprint density at radius 1 is 0.794 bits per heavy atom. The molecule has 1 aliphatic carbocycles. The van der Waals surface area contributed by atoms with E-state index in [0.717, 1.165) is 0 Å². The predicted octanol–water partition coefficient (Wildman–Crippen LogP) is 2.78. The van der Waals surface area contributed by atoms with Crippen molar-refractivity contribution >= 4 is 22.9 Å². The average molecular weight is 473 g/mol. The van der Waals surface area contributed by atoms with Gasteiger partial charge in [-0.05, 0) is 57.0 Å². The zero-order valence-corrected chi connectivity index (χ0v) is 19.7. The van der Waals surface area contributed by atoms with Crippen LogP contribution in [0.25, 0.3) is 0 Å². The number of fused-ring (bicyclic) bond motifs is 2. The topological polar surface area (TPSA) is 126 Å². The van der Waals surface area contributed by atoms with Crippen LogP contribution in [0.2, 0.25) is 0 Å². The summed E-state index contributed by atoms with van der Waals surface area (Å²) in [7, 11) is 1.50. The quantitative estimate of drug-likeness (QED) is 0.219. The van der Waals surface area contributed by atoms with Crippen molar-refractivity contribution in [1.82, 2.24) is 0 Å². The first kappa shape index (κ1) is 25.6. The molecule has 34 heavy (non-hydrogen) atoms. The van der Waals surface area contributed by atoms with Gasteiger partial charge in [-0.1, -0.05) is 0 Å². The number of anilines is 2. The number of methoxy groups -OCH3 is 1. The number of benzene rings is 2. The summed E-state index contributed by atoms with van der Waals surface area (Å²) in [5, 5.41) is 24.3. The first-order valence-corrected chi connectivity index (χ1v) is 11.3. The third kappa shape index (κ3) is 5.74. The minimum Gasteiger partial charge on any atom is -0.497 e. The third-order valence-electron chi connectivity index (χ3n) is 5.43. The second kappa shape index (κ2) is 11.9. The molecule has 9 heteroatoms. The second-order valence-electron chi connectivity index (χ2n) is 7.95. The molecule has 0 saturated carbocycles. The first-order chi connectivity index (χ1) is 16.4. The smallest absolute Gasteiger partial charge is 0.196 e. The molecule has 0 radical (unpaired) electrons. The normalized spacial score (nSPS) is 14.3. The number of hydrogen-bond donors (Lipinski definition) is 4. The molecule has 3 rings (SSSR count). The van der Waals surface area contributed by atoms with Gasteiger partial charge < -0.3 is 35.1 Å². The van der Waals surface area contributed by atoms with Crippen LogP contribution in [-0.2, 0) is 9.47 Å². The molecule has 0 aliphatic heterocycles. The van der Waals surface area contributed by atoms with E-state index in [1.165, 1.54) is 7.11 Å². The highest BCUT2D eigenvalue weighted by molar-refractivity contribution is 6.32. The Labute approximate surface area is 199 Å². The summed E-state index contributed by atoms with van der Waals surface area (Å²) in [6.07, 6.45) is 0.0830. The number of carbonyl (C=O) groups excluding carboxylic acids is 2. The van der Waals surface area contributed by atoms with Crippen LogP contribution in [0.3, 0.4) is 0 Å². The van der Waals surface area contributed by atoms with Gasteiger partial charge in [0.25, 0.3) is 0 Å². The molecule has 2 aromatic rings. The van der Waals surface area contributed by atoms with E-state index in [-0.39, 0.29) is 41.5 Å². The van der Waals surface area contributed by atoms with Gasteiger partial charge in [-0.15, -0.1) is 0 Å². The minimum atomic E-state index is -0.454. The molecule has 2 unspecified atom stereocenters. The number of aliphatic hydroxyl groups excluding tert-OH is 2. The first-order valence-electron chi connectivity index (χ1n) is 11.3. The van der Waals surface area contributed by atoms with Crippen LogP contribution >= 0.6 is 0 Å². The summed E-state index contributed by atoms with van der Waals surface area (Å²) in [5.74, 6) is -0.0976. The summed E-state index contributed by atoms with van der Waals surface area (Å²) in [6.45, 7) is 4.33. The van der Waals surface area contributed by atoms with Crippen LogP contribution in [-0.4, -0.2) is 67.8 Å². The Hall–Kier alpha value is -2.98. The van der Waals surface area contributed by atoms with Crippen molar-refractivity contribution in [3.05, 3.63) is 52.6 Å². The SMILES string of the molecule is COc1ccc2c(c1)C(=O)c1c(NC(C)OCCCO)ccc(NC(C)OCCCO)c1C2=O. The van der Waals surface area contributed by atoms with Gasteiger partial charge in [-0.25, -0.2) is 0 Å². The molecule has 0 fully saturated rings. The van der Waals surface area contributed by atoms with Crippen molar-refractivity contribution < 1.29 is 34.0 Å². The van der Waals surface area contributed by atoms with Crippen LogP contribution in [0.4, 0.5) is 11.4 Å². The van der Waals surface area contributed by atoms with Gasteiger partial charge in [0.2, 0.25) is 0 Å². The molecular formula is C25H32N2O7. The highest BCUT2D eigenvalue weighted by atomic mass is 16.5. The number of aliphatic hydroxyl groups is 2. The maximum atomic E-state index is 13.6. The van der Waals surface area contributed by atoms with Crippen LogP contribution in [0.1, 0.15) is 58.5 Å². The molecule has 0 saturated heterocycles. The second-order valence-corrected chi connectivity index (χ2v) is 7.95. The average Bonchev–Trinajstić information content (AvgIpc) is 2.83. The molecule has 0 spiro atoms. The van der Waals surface area contributed by atoms with E-state index in [4.69, 9.17) is 24.4 Å². The van der Waals surface area contributed by atoms with Gasteiger partial charge in [0.05, 0.1) is 31.5 Å². The van der Waals surface area contributed by atoms with Crippen molar-refractivity contribution in [3.8, 4) is 5.75 Å². The van der Waals surface area contributed by atoms with Crippen molar-refractivity contribution in [3.63, 3.8) is 0 Å². The number of rotatable bonds is 13. The van der Waals surface area contributed by atoms with E-state index in [1.807, 2.05) is 0 Å². The molecule has 184 valence electrons. The Kier molecular flexibility index (Phi) is 9.00. The van der Waals surface area contributed by atoms with Crippen LogP contribution in [0.15, 0.2) is 30.3 Å². The van der Waals surface area contributed by atoms with Gasteiger partial charge in [0.1, 0.15) is 18.2 Å². The minimum absolute atomic E-state index is 0.0205. The van der Waals surface area contributed by atoms with Crippen molar-refractivity contribution in [1.29, 1.82) is 0 Å². The Morgan fingerprint density at radius 3 is 1.76 bits per heavy atom. The summed E-state index contributed by atoms with van der Waals surface area (Å²) < 4.78 is 16.6. The Balaban J connectivity index is 2.00. The van der Waals surface area contributed by atoms with E-state index < -0.39 is 12.5 Å². The van der Waals surface area contributed by atoms with E-state index in [2.05, 4.69) is 10.6 Å². The largest absolute Gasteiger partial charge is 0.497 e. The summed E-state index contributed by atoms with van der Waals surface area (Å²) in [5.41, 5.74) is 2.03. The molecule has 0 amide bonds. The van der Waals surface area contributed by atoms with E-state index in [9.17, 15) is 9.59 Å². The highest BCUT2D eigenvalue weighted by Crippen LogP contribution is 2.38. The summed E-state index contributed by atoms with van der Waals surface area (Å²) >= 11 is 0. The molecule has 0 bridgehead atoms. The van der Waals surface area contributed by atoms with Crippen LogP contribution < -0.4 is 15.4 Å². The number of ether oxygens (including phenoxy) is 3. The Morgan fingerprint density at radius 2 is 1.29 bits per heavy atom. The predicted molar refractivity (Wildman–Crippen MR) is 128 cm³/mol. The van der Waals surface area contributed by atoms with Gasteiger partial charge in [-0.2, -0.15) is 0 Å². The van der Waals surface area contributed by atoms with E-state index in [0.29, 0.717) is 48.7 Å². The van der Waals surface area contributed by atoms with E-state index >= 15 is 0 Å². The maximum Gasteiger partial charge on any atom is 0.196 e. The molecule has 0 heterocycles. The zero-order chi connectivity index (χ0) is 24.7. The molecule has 1 aliphatic rings. The lowest BCUT2D eigenvalue weighted by Gasteiger charge is -2.27. The third-order valence-corrected chi connectivity index (χ3v) is 5.43. The zero-order valence-electron chi connectivity index (χ0n) is 19.7. The fraction of sp³-hybridized carbons (Fsp3) is 0.440. The number of ketones is 2. The fourth-order valence-corrected chi connectivity index (χ4v) is 3.79. The van der Waals surface area contributed by atoms with Crippen molar-refractivity contribution in [2.45, 2.75) is 39.1 Å². The van der Waals surface area contributed by atoms with Crippen LogP contribution in [0.5, 0.6) is 5.75 Å². The van der Waals surface area contributed by atoms with Crippen LogP contribution in [0, 0.1) is 0 Å². The molecule has 4 N–H and O–H groups in total. The molecule has 9 nitrogen and oxygen atoms in total. The molecule has 0 aromatic heterocycles. The van der Waals surface area contributed by atoms with E-state index in [1.54, 1.807) is 44.2 Å². The lowest BCUT2D eigenvalue weighted by atomic mass is 9.82. The molecule has 2 aromatic carbocycles. The van der Waals surface area contributed by atoms with Gasteiger partial charge in [0.15, 0.2) is 11.6 Å². The lowest BCUT2D eigenvalue weighted by Crippen LogP contribution is -2.28. The van der Waals surface area contributed by atoms with Crippen molar-refractivity contribution in [2.24, 2.45) is 0 Å². The monoisotopic (exact) mass is 472 g/mol. The van der Waals surface area contributed by atoms with Gasteiger partial charge in [-0.3, -0.25) is 9.59 Å². The maximum absolute atomic E-state index is 13.6. The summed E-state index contributed by atoms with van der Waals surface area (Å²) in [6, 6.07) is 8.28. The fourth-order valence-electron chi connectivity index (χ4n) is 3.79. The van der Waals surface area contributed by atoms with Gasteiger partial charge >= 0.3 is 0 Å². The lowest BCUT2D eigenvalue weighted by molar-refractivity contribution is 0.0721. The standard InChI is InChI=1S/C25H32N2O7/c1-15(33-12-4-10-28)26-20-8-9-21(27-16(2)34-13-5-11-29)23-22(20)24(30)18-7-6-17(32-3)14-19(18)25(23)31/h6-9,14-16,26-29H,4-5,10-13H2,1-3H3. The molecule has 2 atom stereocenters. The highest BCUT2D eigenvalue weighted by Gasteiger charge is 2.35. The summed E-state index contributed by atoms with van der Waals surface area (Å²) in [4.78, 5) is 27.2. The number of hydrogen-bond acceptors (Lipinski definition) is 9. The Bertz CT molecular complexity index is 1020.